The summed E-state index contributed by atoms with van der Waals surface area (Å²) >= 11 is 0. The van der Waals surface area contributed by atoms with Gasteiger partial charge in [-0.15, -0.1) is 0 Å². The van der Waals surface area contributed by atoms with Crippen LogP contribution in [0.15, 0.2) is 77.9 Å². The van der Waals surface area contributed by atoms with Gasteiger partial charge < -0.3 is 19.5 Å². The first-order chi connectivity index (χ1) is 18.6. The molecule has 0 radical (unpaired) electrons. The lowest BCUT2D eigenvalue weighted by Gasteiger charge is -2.19. The van der Waals surface area contributed by atoms with Crippen LogP contribution in [0.3, 0.4) is 0 Å². The Balaban J connectivity index is 1.36. The first-order valence-corrected chi connectivity index (χ1v) is 12.5. The molecule has 0 saturated heterocycles. The zero-order valence-corrected chi connectivity index (χ0v) is 21.2. The second-order valence-corrected chi connectivity index (χ2v) is 8.93. The maximum absolute atomic E-state index is 12.9. The van der Waals surface area contributed by atoms with Crippen LogP contribution in [-0.4, -0.2) is 38.4 Å². The van der Waals surface area contributed by atoms with Crippen LogP contribution in [-0.2, 0) is 20.9 Å². The van der Waals surface area contributed by atoms with Crippen molar-refractivity contribution >= 4 is 12.1 Å². The molecule has 3 aromatic carbocycles. The summed E-state index contributed by atoms with van der Waals surface area (Å²) in [4.78, 5) is 28.4. The topological polar surface area (TPSA) is 123 Å². The molecule has 0 aromatic heterocycles. The molecule has 0 heterocycles. The Morgan fingerprint density at radius 1 is 0.947 bits per heavy atom. The Labute approximate surface area is 221 Å². The number of hydrogen-bond acceptors (Lipinski definition) is 6. The average molecular weight is 515 g/mol. The maximum Gasteiger partial charge on any atom is 0.407 e. The fourth-order valence-electron chi connectivity index (χ4n) is 4.58. The fourth-order valence-corrected chi connectivity index (χ4v) is 4.58. The lowest BCUT2D eigenvalue weighted by atomic mass is 9.98. The van der Waals surface area contributed by atoms with Crippen molar-refractivity contribution in [3.05, 3.63) is 99.9 Å². The van der Waals surface area contributed by atoms with E-state index in [0.717, 1.165) is 27.8 Å². The Bertz CT molecular complexity index is 1260. The molecule has 1 N–H and O–H groups in total. The van der Waals surface area contributed by atoms with E-state index in [4.69, 9.17) is 19.7 Å². The van der Waals surface area contributed by atoms with Gasteiger partial charge in [-0.25, -0.2) is 9.59 Å². The number of amides is 1. The third-order valence-corrected chi connectivity index (χ3v) is 6.52. The number of benzene rings is 3. The summed E-state index contributed by atoms with van der Waals surface area (Å²) in [6.45, 7) is 0.518. The number of unbranched alkanes of at least 4 members (excludes halogenated alkanes) is 1. The molecule has 9 heteroatoms. The van der Waals surface area contributed by atoms with Gasteiger partial charge in [0, 0.05) is 17.4 Å². The minimum absolute atomic E-state index is 0.0599. The second-order valence-electron chi connectivity index (χ2n) is 8.93. The number of rotatable bonds is 12. The van der Waals surface area contributed by atoms with E-state index in [-0.39, 0.29) is 19.1 Å². The van der Waals surface area contributed by atoms with E-state index in [1.165, 1.54) is 0 Å². The van der Waals surface area contributed by atoms with E-state index < -0.39 is 18.1 Å². The third-order valence-electron chi connectivity index (χ3n) is 6.52. The summed E-state index contributed by atoms with van der Waals surface area (Å²) in [5.74, 6) is 0.0606. The molecule has 1 unspecified atom stereocenters. The molecule has 4 rings (SSSR count). The minimum atomic E-state index is -0.894. The Hall–Kier alpha value is -4.49. The molecule has 1 atom stereocenters. The molecule has 0 saturated carbocycles. The van der Waals surface area contributed by atoms with Gasteiger partial charge in [0.2, 0.25) is 0 Å². The van der Waals surface area contributed by atoms with Crippen molar-refractivity contribution in [1.29, 1.82) is 0 Å². The minimum Gasteiger partial charge on any atom is -0.497 e. The number of carbonyl (C=O) groups excluding carboxylic acids is 2. The van der Waals surface area contributed by atoms with Gasteiger partial charge in [-0.2, -0.15) is 0 Å². The summed E-state index contributed by atoms with van der Waals surface area (Å²) in [6.07, 6.45) is 0.782. The quantitative estimate of drug-likeness (QED) is 0.102. The molecule has 1 aliphatic rings. The van der Waals surface area contributed by atoms with Gasteiger partial charge in [0.1, 0.15) is 25.0 Å². The van der Waals surface area contributed by atoms with Crippen LogP contribution in [0.1, 0.15) is 41.9 Å². The molecule has 3 aromatic rings. The highest BCUT2D eigenvalue weighted by atomic mass is 16.6. The van der Waals surface area contributed by atoms with Gasteiger partial charge in [0.25, 0.3) is 0 Å². The van der Waals surface area contributed by atoms with Gasteiger partial charge >= 0.3 is 12.1 Å². The second kappa shape index (κ2) is 13.2. The molecule has 0 fully saturated rings. The Morgan fingerprint density at radius 2 is 1.61 bits per heavy atom. The van der Waals surface area contributed by atoms with Gasteiger partial charge in [-0.3, -0.25) is 0 Å². The number of fused-ring (bicyclic) bond motifs is 3. The largest absolute Gasteiger partial charge is 0.497 e. The van der Waals surface area contributed by atoms with Crippen LogP contribution in [0, 0.1) is 0 Å². The van der Waals surface area contributed by atoms with Crippen molar-refractivity contribution in [2.45, 2.75) is 37.8 Å². The van der Waals surface area contributed by atoms with Crippen LogP contribution < -0.4 is 10.1 Å². The van der Waals surface area contributed by atoms with Crippen molar-refractivity contribution < 1.29 is 23.8 Å². The number of methoxy groups -OCH3 is 1. The van der Waals surface area contributed by atoms with E-state index in [1.807, 2.05) is 36.4 Å². The molecule has 0 aliphatic heterocycles. The zero-order chi connectivity index (χ0) is 26.7. The van der Waals surface area contributed by atoms with Crippen molar-refractivity contribution in [3.8, 4) is 16.9 Å². The zero-order valence-electron chi connectivity index (χ0n) is 21.2. The van der Waals surface area contributed by atoms with Gasteiger partial charge in [-0.05, 0) is 58.3 Å². The summed E-state index contributed by atoms with van der Waals surface area (Å²) < 4.78 is 16.2. The highest BCUT2D eigenvalue weighted by Gasteiger charge is 2.30. The molecule has 0 spiro atoms. The molecule has 1 aliphatic carbocycles. The number of alkyl carbamates (subject to hydrolysis) is 1. The number of nitrogens with zero attached hydrogens (tertiary/aromatic N) is 3. The number of azide groups is 1. The molecule has 196 valence electrons. The van der Waals surface area contributed by atoms with E-state index in [0.29, 0.717) is 31.6 Å². The smallest absolute Gasteiger partial charge is 0.407 e. The highest BCUT2D eigenvalue weighted by Crippen LogP contribution is 2.44. The molecular formula is C29H30N4O5. The van der Waals surface area contributed by atoms with Crippen LogP contribution in [0.5, 0.6) is 5.75 Å². The lowest BCUT2D eigenvalue weighted by molar-refractivity contribution is -0.147. The molecule has 9 nitrogen and oxygen atoms in total. The summed E-state index contributed by atoms with van der Waals surface area (Å²) in [7, 11) is 1.58. The Kier molecular flexibility index (Phi) is 9.21. The molecule has 0 bridgehead atoms. The Morgan fingerprint density at radius 3 is 2.24 bits per heavy atom. The van der Waals surface area contributed by atoms with Crippen LogP contribution >= 0.6 is 0 Å². The van der Waals surface area contributed by atoms with E-state index in [2.05, 4.69) is 27.5 Å². The summed E-state index contributed by atoms with van der Waals surface area (Å²) in [5, 5.41) is 6.19. The van der Waals surface area contributed by atoms with Crippen molar-refractivity contribution in [3.63, 3.8) is 0 Å². The number of nitrogens with one attached hydrogen (secondary N) is 1. The number of carbonyl (C=O) groups is 2. The highest BCUT2D eigenvalue weighted by molar-refractivity contribution is 5.82. The van der Waals surface area contributed by atoms with Gasteiger partial charge in [-0.1, -0.05) is 72.2 Å². The monoisotopic (exact) mass is 514 g/mol. The number of hydrogen-bond donors (Lipinski definition) is 1. The lowest BCUT2D eigenvalue weighted by Crippen LogP contribution is -2.42. The summed E-state index contributed by atoms with van der Waals surface area (Å²) in [5.41, 5.74) is 13.7. The fraction of sp³-hybridized carbons (Fsp3) is 0.310. The summed E-state index contributed by atoms with van der Waals surface area (Å²) in [6, 6.07) is 22.5. The molecular weight excluding hydrogens is 484 g/mol. The third kappa shape index (κ3) is 6.63. The van der Waals surface area contributed by atoms with Gasteiger partial charge in [0.15, 0.2) is 0 Å². The first-order valence-electron chi connectivity index (χ1n) is 12.5. The number of esters is 1. The standard InChI is InChI=1S/C29H30N4O5/c1-36-21-15-13-20(14-16-21)18-37-28(34)27(12-6-7-17-31-33-30)32-29(35)38-19-26-24-10-4-2-8-22(24)23-9-3-5-11-25(23)26/h2-5,8-11,13-16,26-27H,6-7,12,17-19H2,1H3,(H,32,35). The van der Waals surface area contributed by atoms with E-state index >= 15 is 0 Å². The van der Waals surface area contributed by atoms with E-state index in [1.54, 1.807) is 31.4 Å². The number of ether oxygens (including phenoxy) is 3. The predicted molar refractivity (Wildman–Crippen MR) is 143 cm³/mol. The van der Waals surface area contributed by atoms with Crippen LogP contribution in [0.2, 0.25) is 0 Å². The normalized spacial score (nSPS) is 12.4. The SMILES string of the molecule is COc1ccc(COC(=O)C(CCCCN=[N+]=[N-])NC(=O)OCC2c3ccccc3-c3ccccc32)cc1. The molecule has 38 heavy (non-hydrogen) atoms. The van der Waals surface area contributed by atoms with Crippen molar-refractivity contribution in [2.75, 3.05) is 20.3 Å². The van der Waals surface area contributed by atoms with Crippen LogP contribution in [0.4, 0.5) is 4.79 Å². The van der Waals surface area contributed by atoms with Crippen LogP contribution in [0.25, 0.3) is 21.6 Å². The predicted octanol–water partition coefficient (Wildman–Crippen LogP) is 6.13. The van der Waals surface area contributed by atoms with Crippen molar-refractivity contribution in [2.24, 2.45) is 5.11 Å². The maximum atomic E-state index is 12.9. The van der Waals surface area contributed by atoms with Crippen molar-refractivity contribution in [1.82, 2.24) is 5.32 Å². The first kappa shape index (κ1) is 26.6. The van der Waals surface area contributed by atoms with Gasteiger partial charge in [0.05, 0.1) is 7.11 Å². The average Bonchev–Trinajstić information content (AvgIpc) is 3.28. The van der Waals surface area contributed by atoms with E-state index in [9.17, 15) is 9.59 Å². The molecule has 1 amide bonds.